The molecule has 0 aliphatic heterocycles. The van der Waals surface area contributed by atoms with Crippen molar-refractivity contribution in [2.75, 3.05) is 12.4 Å². The maximum absolute atomic E-state index is 11.5. The summed E-state index contributed by atoms with van der Waals surface area (Å²) in [4.78, 5) is 11.5. The van der Waals surface area contributed by atoms with Crippen LogP contribution in [0.5, 0.6) is 0 Å². The second-order valence-electron chi connectivity index (χ2n) is 4.71. The van der Waals surface area contributed by atoms with Crippen LogP contribution >= 0.6 is 0 Å². The van der Waals surface area contributed by atoms with Crippen LogP contribution in [0, 0.1) is 0 Å². The number of anilines is 1. The average Bonchev–Trinajstić information content (AvgIpc) is 2.94. The topological polar surface area (TPSA) is 46.1 Å². The monoisotopic (exact) mass is 271 g/mol. The Balaban J connectivity index is 2.03. The molecule has 4 nitrogen and oxygen atoms in total. The number of aryl methyl sites for hydroxylation is 1. The first-order valence-corrected chi connectivity index (χ1v) is 6.90. The molecule has 1 heterocycles. The third-order valence-electron chi connectivity index (χ3n) is 3.31. The average molecular weight is 271 g/mol. The van der Waals surface area contributed by atoms with E-state index in [-0.39, 0.29) is 5.91 Å². The number of nitrogens with zero attached hydrogens (tertiary/aromatic N) is 1. The van der Waals surface area contributed by atoms with E-state index < -0.39 is 0 Å². The van der Waals surface area contributed by atoms with E-state index in [1.165, 1.54) is 5.56 Å². The highest BCUT2D eigenvalue weighted by Gasteiger charge is 2.06. The van der Waals surface area contributed by atoms with E-state index in [0.717, 1.165) is 24.3 Å². The Bertz CT molecular complexity index is 575. The summed E-state index contributed by atoms with van der Waals surface area (Å²) in [5.74, 6) is 0.0244. The van der Waals surface area contributed by atoms with Gasteiger partial charge in [0.1, 0.15) is 0 Å². The fourth-order valence-electron chi connectivity index (χ4n) is 2.10. The molecule has 0 spiro atoms. The van der Waals surface area contributed by atoms with Gasteiger partial charge < -0.3 is 15.2 Å². The van der Waals surface area contributed by atoms with Crippen LogP contribution < -0.4 is 10.6 Å². The number of nitrogens with one attached hydrogen (secondary N) is 2. The number of aromatic nitrogens is 1. The van der Waals surface area contributed by atoms with Gasteiger partial charge >= 0.3 is 0 Å². The SMILES string of the molecule is CCn1ccc(CNc2ccccc2CC(=O)NC)c1. The highest BCUT2D eigenvalue weighted by Crippen LogP contribution is 2.17. The molecule has 1 amide bonds. The molecule has 0 saturated carbocycles. The number of hydrogen-bond acceptors (Lipinski definition) is 2. The molecule has 0 unspecified atom stereocenters. The summed E-state index contributed by atoms with van der Waals surface area (Å²) in [6.07, 6.45) is 4.61. The van der Waals surface area contributed by atoms with Crippen molar-refractivity contribution in [1.82, 2.24) is 9.88 Å². The Hall–Kier alpha value is -2.23. The third-order valence-corrected chi connectivity index (χ3v) is 3.31. The largest absolute Gasteiger partial charge is 0.381 e. The molecule has 0 atom stereocenters. The van der Waals surface area contributed by atoms with Crippen LogP contribution in [0.25, 0.3) is 0 Å². The van der Waals surface area contributed by atoms with Crippen LogP contribution in [0.15, 0.2) is 42.7 Å². The predicted octanol–water partition coefficient (Wildman–Crippen LogP) is 2.41. The van der Waals surface area contributed by atoms with E-state index in [9.17, 15) is 4.79 Å². The fourth-order valence-corrected chi connectivity index (χ4v) is 2.10. The Morgan fingerprint density at radius 1 is 1.25 bits per heavy atom. The first-order chi connectivity index (χ1) is 9.72. The standard InChI is InChI=1S/C16H21N3O/c1-3-19-9-8-13(12-19)11-18-15-7-5-4-6-14(15)10-16(20)17-2/h4-9,12,18H,3,10-11H2,1-2H3,(H,17,20). The molecule has 106 valence electrons. The first kappa shape index (κ1) is 14.2. The Labute approximate surface area is 119 Å². The molecule has 0 saturated heterocycles. The molecule has 2 rings (SSSR count). The molecule has 0 radical (unpaired) electrons. The molecule has 1 aromatic carbocycles. The predicted molar refractivity (Wildman–Crippen MR) is 81.6 cm³/mol. The van der Waals surface area contributed by atoms with Crippen molar-refractivity contribution in [1.29, 1.82) is 0 Å². The minimum Gasteiger partial charge on any atom is -0.381 e. The summed E-state index contributed by atoms with van der Waals surface area (Å²) in [7, 11) is 1.66. The van der Waals surface area contributed by atoms with Gasteiger partial charge in [-0.1, -0.05) is 18.2 Å². The van der Waals surface area contributed by atoms with Crippen molar-refractivity contribution in [3.63, 3.8) is 0 Å². The molecule has 0 aliphatic carbocycles. The van der Waals surface area contributed by atoms with E-state index in [1.54, 1.807) is 7.05 Å². The summed E-state index contributed by atoms with van der Waals surface area (Å²) in [5, 5.41) is 6.06. The van der Waals surface area contributed by atoms with Gasteiger partial charge in [-0.25, -0.2) is 0 Å². The fraction of sp³-hybridized carbons (Fsp3) is 0.312. The molecule has 20 heavy (non-hydrogen) atoms. The third kappa shape index (κ3) is 3.63. The lowest BCUT2D eigenvalue weighted by Gasteiger charge is -2.11. The van der Waals surface area contributed by atoms with Gasteiger partial charge in [0.15, 0.2) is 0 Å². The zero-order valence-corrected chi connectivity index (χ0v) is 12.0. The van der Waals surface area contributed by atoms with E-state index >= 15 is 0 Å². The van der Waals surface area contributed by atoms with Gasteiger partial charge in [0.25, 0.3) is 0 Å². The lowest BCUT2D eigenvalue weighted by atomic mass is 10.1. The summed E-state index contributed by atoms with van der Waals surface area (Å²) >= 11 is 0. The Morgan fingerprint density at radius 3 is 2.75 bits per heavy atom. The van der Waals surface area contributed by atoms with Crippen LogP contribution in [0.1, 0.15) is 18.1 Å². The molecular formula is C16H21N3O. The Morgan fingerprint density at radius 2 is 2.05 bits per heavy atom. The number of likely N-dealkylation sites (N-methyl/N-ethyl adjacent to an activating group) is 1. The minimum absolute atomic E-state index is 0.0244. The van der Waals surface area contributed by atoms with Crippen molar-refractivity contribution in [3.05, 3.63) is 53.9 Å². The summed E-state index contributed by atoms with van der Waals surface area (Å²) in [6, 6.07) is 10.0. The lowest BCUT2D eigenvalue weighted by Crippen LogP contribution is -2.20. The quantitative estimate of drug-likeness (QED) is 0.847. The summed E-state index contributed by atoms with van der Waals surface area (Å²) < 4.78 is 2.15. The molecule has 0 fully saturated rings. The highest BCUT2D eigenvalue weighted by molar-refractivity contribution is 5.80. The lowest BCUT2D eigenvalue weighted by molar-refractivity contribution is -0.119. The van der Waals surface area contributed by atoms with E-state index in [2.05, 4.69) is 40.6 Å². The van der Waals surface area contributed by atoms with Crippen LogP contribution in [0.3, 0.4) is 0 Å². The number of hydrogen-bond donors (Lipinski definition) is 2. The van der Waals surface area contributed by atoms with E-state index in [4.69, 9.17) is 0 Å². The number of benzene rings is 1. The van der Waals surface area contributed by atoms with E-state index in [1.807, 2.05) is 24.3 Å². The minimum atomic E-state index is 0.0244. The summed E-state index contributed by atoms with van der Waals surface area (Å²) in [6.45, 7) is 3.86. The van der Waals surface area contributed by atoms with Gasteiger partial charge in [-0.15, -0.1) is 0 Å². The number of amides is 1. The number of para-hydroxylation sites is 1. The Kier molecular flexibility index (Phi) is 4.82. The summed E-state index contributed by atoms with van der Waals surface area (Å²) in [5.41, 5.74) is 3.27. The van der Waals surface area contributed by atoms with Gasteiger partial charge in [-0.3, -0.25) is 4.79 Å². The number of rotatable bonds is 6. The first-order valence-electron chi connectivity index (χ1n) is 6.90. The van der Waals surface area contributed by atoms with Gasteiger partial charge in [0.05, 0.1) is 6.42 Å². The highest BCUT2D eigenvalue weighted by atomic mass is 16.1. The van der Waals surface area contributed by atoms with E-state index in [0.29, 0.717) is 6.42 Å². The smallest absolute Gasteiger partial charge is 0.224 e. The van der Waals surface area contributed by atoms with Gasteiger partial charge in [0.2, 0.25) is 5.91 Å². The van der Waals surface area contributed by atoms with Gasteiger partial charge in [-0.05, 0) is 30.2 Å². The van der Waals surface area contributed by atoms with Gasteiger partial charge in [0, 0.05) is 38.2 Å². The van der Waals surface area contributed by atoms with Gasteiger partial charge in [-0.2, -0.15) is 0 Å². The molecule has 1 aromatic heterocycles. The number of carbonyl (C=O) groups is 1. The second-order valence-corrected chi connectivity index (χ2v) is 4.71. The zero-order chi connectivity index (χ0) is 14.4. The van der Waals surface area contributed by atoms with Crippen molar-refractivity contribution >= 4 is 11.6 Å². The normalized spacial score (nSPS) is 10.3. The molecule has 2 aromatic rings. The molecular weight excluding hydrogens is 250 g/mol. The maximum Gasteiger partial charge on any atom is 0.224 e. The van der Waals surface area contributed by atoms with Crippen LogP contribution in [0.4, 0.5) is 5.69 Å². The molecule has 4 heteroatoms. The van der Waals surface area contributed by atoms with Crippen molar-refractivity contribution < 1.29 is 4.79 Å². The van der Waals surface area contributed by atoms with Crippen molar-refractivity contribution in [3.8, 4) is 0 Å². The van der Waals surface area contributed by atoms with Crippen LogP contribution in [-0.4, -0.2) is 17.5 Å². The maximum atomic E-state index is 11.5. The molecule has 0 bridgehead atoms. The second kappa shape index (κ2) is 6.80. The molecule has 2 N–H and O–H groups in total. The number of carbonyl (C=O) groups excluding carboxylic acids is 1. The van der Waals surface area contributed by atoms with Crippen LogP contribution in [0.2, 0.25) is 0 Å². The molecule has 0 aliphatic rings. The van der Waals surface area contributed by atoms with Crippen molar-refractivity contribution in [2.45, 2.75) is 26.4 Å². The van der Waals surface area contributed by atoms with Crippen molar-refractivity contribution in [2.24, 2.45) is 0 Å². The van der Waals surface area contributed by atoms with Crippen LogP contribution in [-0.2, 0) is 24.3 Å². The zero-order valence-electron chi connectivity index (χ0n) is 12.0.